The summed E-state index contributed by atoms with van der Waals surface area (Å²) in [7, 11) is 0. The number of aliphatic hydroxyl groups excluding tert-OH is 1. The van der Waals surface area contributed by atoms with Crippen LogP contribution in [0.3, 0.4) is 0 Å². The molecule has 0 fully saturated rings. The van der Waals surface area contributed by atoms with Gasteiger partial charge in [0.2, 0.25) is 0 Å². The molecule has 0 bridgehead atoms. The number of anilines is 1. The fourth-order valence-electron chi connectivity index (χ4n) is 1.45. The molecule has 0 radical (unpaired) electrons. The third kappa shape index (κ3) is 1.70. The number of nitrogen functional groups attached to an aromatic ring is 1. The Kier molecular flexibility index (Phi) is 2.13. The second-order valence-corrected chi connectivity index (χ2v) is 3.52. The van der Waals surface area contributed by atoms with Crippen LogP contribution in [0.4, 0.5) is 5.69 Å². The van der Waals surface area contributed by atoms with Crippen LogP contribution in [0.2, 0.25) is 0 Å². The summed E-state index contributed by atoms with van der Waals surface area (Å²) >= 11 is 0. The van der Waals surface area contributed by atoms with Crippen LogP contribution in [0.15, 0.2) is 24.4 Å². The van der Waals surface area contributed by atoms with Gasteiger partial charge in [-0.1, -0.05) is 0 Å². The number of nitrogens with zero attached hydrogens (tertiary/aromatic N) is 2. The van der Waals surface area contributed by atoms with Gasteiger partial charge in [-0.05, 0) is 25.1 Å². The summed E-state index contributed by atoms with van der Waals surface area (Å²) in [5.41, 5.74) is 7.21. The number of aromatic nitrogens is 2. The Morgan fingerprint density at radius 3 is 3.07 bits per heavy atom. The molecule has 0 saturated heterocycles. The molecule has 1 aromatic heterocycles. The lowest BCUT2D eigenvalue weighted by atomic mass is 10.2. The van der Waals surface area contributed by atoms with E-state index in [0.29, 0.717) is 12.2 Å². The maximum Gasteiger partial charge on any atom is 0.0943 e. The van der Waals surface area contributed by atoms with E-state index in [9.17, 15) is 5.11 Å². The molecule has 14 heavy (non-hydrogen) atoms. The number of rotatable bonds is 2. The van der Waals surface area contributed by atoms with E-state index in [4.69, 9.17) is 5.73 Å². The van der Waals surface area contributed by atoms with Gasteiger partial charge >= 0.3 is 0 Å². The van der Waals surface area contributed by atoms with Crippen molar-refractivity contribution in [3.8, 4) is 0 Å². The number of nitrogens with two attached hydrogens (primary N) is 1. The van der Waals surface area contributed by atoms with E-state index in [0.717, 1.165) is 10.9 Å². The number of hydrogen-bond donors (Lipinski definition) is 2. The summed E-state index contributed by atoms with van der Waals surface area (Å²) in [6.07, 6.45) is 1.52. The van der Waals surface area contributed by atoms with Gasteiger partial charge in [-0.15, -0.1) is 0 Å². The summed E-state index contributed by atoms with van der Waals surface area (Å²) in [4.78, 5) is 0. The van der Waals surface area contributed by atoms with Crippen LogP contribution < -0.4 is 5.73 Å². The molecule has 3 N–H and O–H groups in total. The molecule has 4 nitrogen and oxygen atoms in total. The molecule has 2 rings (SSSR count). The fourth-order valence-corrected chi connectivity index (χ4v) is 1.45. The third-order valence-corrected chi connectivity index (χ3v) is 2.03. The maximum absolute atomic E-state index is 9.20. The average Bonchev–Trinajstić information content (AvgIpc) is 2.44. The van der Waals surface area contributed by atoms with Crippen molar-refractivity contribution in [2.75, 3.05) is 5.73 Å². The van der Waals surface area contributed by atoms with Crippen LogP contribution in [-0.4, -0.2) is 21.0 Å². The molecule has 0 aliphatic rings. The van der Waals surface area contributed by atoms with Crippen LogP contribution in [0, 0.1) is 0 Å². The first-order valence-corrected chi connectivity index (χ1v) is 4.56. The number of benzene rings is 1. The predicted octanol–water partition coefficient (Wildman–Crippen LogP) is 0.999. The SMILES string of the molecule is CC(O)Cn1cc2ccc(N)cc2n1. The van der Waals surface area contributed by atoms with Gasteiger partial charge in [0.25, 0.3) is 0 Å². The van der Waals surface area contributed by atoms with E-state index in [2.05, 4.69) is 5.10 Å². The van der Waals surface area contributed by atoms with E-state index in [1.807, 2.05) is 24.4 Å². The summed E-state index contributed by atoms with van der Waals surface area (Å²) in [5.74, 6) is 0. The van der Waals surface area contributed by atoms with E-state index < -0.39 is 0 Å². The first-order valence-electron chi connectivity index (χ1n) is 4.56. The van der Waals surface area contributed by atoms with Crippen LogP contribution in [-0.2, 0) is 6.54 Å². The zero-order valence-corrected chi connectivity index (χ0v) is 8.01. The monoisotopic (exact) mass is 191 g/mol. The molecule has 0 spiro atoms. The molecule has 2 aromatic rings. The van der Waals surface area contributed by atoms with Gasteiger partial charge < -0.3 is 10.8 Å². The molecular formula is C10H13N3O. The van der Waals surface area contributed by atoms with E-state index in [1.165, 1.54) is 0 Å². The van der Waals surface area contributed by atoms with Gasteiger partial charge in [0.05, 0.1) is 18.2 Å². The van der Waals surface area contributed by atoms with Gasteiger partial charge in [0.15, 0.2) is 0 Å². The first-order chi connectivity index (χ1) is 6.65. The highest BCUT2D eigenvalue weighted by Crippen LogP contribution is 2.15. The van der Waals surface area contributed by atoms with E-state index in [1.54, 1.807) is 11.6 Å². The fraction of sp³-hybridized carbons (Fsp3) is 0.300. The van der Waals surface area contributed by atoms with Crippen molar-refractivity contribution in [1.29, 1.82) is 0 Å². The Morgan fingerprint density at radius 1 is 1.57 bits per heavy atom. The normalized spacial score (nSPS) is 13.3. The highest BCUT2D eigenvalue weighted by atomic mass is 16.3. The third-order valence-electron chi connectivity index (χ3n) is 2.03. The molecule has 4 heteroatoms. The molecule has 0 amide bonds. The number of hydrogen-bond acceptors (Lipinski definition) is 3. The molecule has 1 atom stereocenters. The van der Waals surface area contributed by atoms with Crippen LogP contribution in [0.5, 0.6) is 0 Å². The molecule has 1 unspecified atom stereocenters. The second kappa shape index (κ2) is 3.31. The Labute approximate surface area is 81.9 Å². The highest BCUT2D eigenvalue weighted by molar-refractivity contribution is 5.81. The lowest BCUT2D eigenvalue weighted by Gasteiger charge is -2.02. The second-order valence-electron chi connectivity index (χ2n) is 3.52. The van der Waals surface area contributed by atoms with Gasteiger partial charge in [0.1, 0.15) is 0 Å². The quantitative estimate of drug-likeness (QED) is 0.696. The minimum absolute atomic E-state index is 0.387. The predicted molar refractivity (Wildman–Crippen MR) is 55.8 cm³/mol. The van der Waals surface area contributed by atoms with Crippen LogP contribution in [0.25, 0.3) is 10.9 Å². The van der Waals surface area contributed by atoms with E-state index >= 15 is 0 Å². The topological polar surface area (TPSA) is 64.1 Å². The Bertz CT molecular complexity index is 448. The van der Waals surface area contributed by atoms with Crippen molar-refractivity contribution >= 4 is 16.6 Å². The van der Waals surface area contributed by atoms with Gasteiger partial charge in [0, 0.05) is 17.3 Å². The van der Waals surface area contributed by atoms with Crippen LogP contribution >= 0.6 is 0 Å². The van der Waals surface area contributed by atoms with Crippen molar-refractivity contribution in [3.63, 3.8) is 0 Å². The van der Waals surface area contributed by atoms with Crippen molar-refractivity contribution in [1.82, 2.24) is 9.78 Å². The summed E-state index contributed by atoms with van der Waals surface area (Å²) in [5, 5.41) is 14.5. The lowest BCUT2D eigenvalue weighted by Crippen LogP contribution is -2.11. The molecule has 1 heterocycles. The Morgan fingerprint density at radius 2 is 2.36 bits per heavy atom. The summed E-state index contributed by atoms with van der Waals surface area (Å²) in [6, 6.07) is 5.60. The van der Waals surface area contributed by atoms with Crippen molar-refractivity contribution in [3.05, 3.63) is 24.4 Å². The lowest BCUT2D eigenvalue weighted by molar-refractivity contribution is 0.169. The van der Waals surface area contributed by atoms with E-state index in [-0.39, 0.29) is 6.10 Å². The zero-order chi connectivity index (χ0) is 10.1. The molecule has 1 aromatic carbocycles. The molecule has 74 valence electrons. The Hall–Kier alpha value is -1.55. The minimum Gasteiger partial charge on any atom is -0.399 e. The van der Waals surface area contributed by atoms with Crippen molar-refractivity contribution in [2.24, 2.45) is 0 Å². The Balaban J connectivity index is 2.41. The summed E-state index contributed by atoms with van der Waals surface area (Å²) < 4.78 is 1.73. The van der Waals surface area contributed by atoms with Crippen molar-refractivity contribution < 1.29 is 5.11 Å². The first kappa shape index (κ1) is 9.02. The van der Waals surface area contributed by atoms with Gasteiger partial charge in [-0.25, -0.2) is 0 Å². The largest absolute Gasteiger partial charge is 0.399 e. The minimum atomic E-state index is -0.387. The molecule has 0 aliphatic heterocycles. The smallest absolute Gasteiger partial charge is 0.0943 e. The molecular weight excluding hydrogens is 178 g/mol. The average molecular weight is 191 g/mol. The zero-order valence-electron chi connectivity index (χ0n) is 8.01. The standard InChI is InChI=1S/C10H13N3O/c1-7(14)5-13-6-8-2-3-9(11)4-10(8)12-13/h2-4,6-7,14H,5,11H2,1H3. The maximum atomic E-state index is 9.20. The number of aliphatic hydroxyl groups is 1. The molecule has 0 saturated carbocycles. The molecule has 0 aliphatic carbocycles. The van der Waals surface area contributed by atoms with Gasteiger partial charge in [-0.2, -0.15) is 5.10 Å². The van der Waals surface area contributed by atoms with Crippen molar-refractivity contribution in [2.45, 2.75) is 19.6 Å². The van der Waals surface area contributed by atoms with Gasteiger partial charge in [-0.3, -0.25) is 4.68 Å². The number of fused-ring (bicyclic) bond motifs is 1. The highest BCUT2D eigenvalue weighted by Gasteiger charge is 2.02. The summed E-state index contributed by atoms with van der Waals surface area (Å²) in [6.45, 7) is 2.25. The van der Waals surface area contributed by atoms with Crippen LogP contribution in [0.1, 0.15) is 6.92 Å².